The molecule has 2 aromatic heterocycles. The lowest BCUT2D eigenvalue weighted by Crippen LogP contribution is -2.31. The maximum Gasteiger partial charge on any atom is 0.212 e. The smallest absolute Gasteiger partial charge is 0.212 e. The number of fused-ring (bicyclic) bond motifs is 2. The van der Waals surface area contributed by atoms with E-state index in [-0.39, 0.29) is 5.41 Å². The van der Waals surface area contributed by atoms with Crippen LogP contribution in [0.2, 0.25) is 0 Å². The molecule has 24 heavy (non-hydrogen) atoms. The van der Waals surface area contributed by atoms with Gasteiger partial charge in [-0.1, -0.05) is 25.6 Å². The highest BCUT2D eigenvalue weighted by molar-refractivity contribution is 7.99. The Bertz CT molecular complexity index is 944. The van der Waals surface area contributed by atoms with Gasteiger partial charge in [0, 0.05) is 39.1 Å². The molecule has 0 saturated carbocycles. The highest BCUT2D eigenvalue weighted by atomic mass is 32.2. The first-order valence-electron chi connectivity index (χ1n) is 8.22. The largest absolute Gasteiger partial charge is 0.259 e. The van der Waals surface area contributed by atoms with E-state index in [1.54, 1.807) is 0 Å². The molecule has 0 atom stereocenters. The van der Waals surface area contributed by atoms with Gasteiger partial charge in [-0.3, -0.25) is 4.98 Å². The third kappa shape index (κ3) is 2.27. The van der Waals surface area contributed by atoms with Crippen LogP contribution >= 0.6 is 11.8 Å². The topological polar surface area (TPSA) is 16.8 Å². The Kier molecular flexibility index (Phi) is 3.50. The molecule has 3 heteroatoms. The Balaban J connectivity index is 1.95. The lowest BCUT2D eigenvalue weighted by molar-refractivity contribution is -0.660. The summed E-state index contributed by atoms with van der Waals surface area (Å²) in [5.41, 5.74) is 6.30. The van der Waals surface area contributed by atoms with Crippen LogP contribution in [0.5, 0.6) is 0 Å². The van der Waals surface area contributed by atoms with Crippen LogP contribution in [0, 0.1) is 6.92 Å². The van der Waals surface area contributed by atoms with Crippen LogP contribution in [-0.2, 0) is 12.5 Å². The number of hydrogen-bond acceptors (Lipinski definition) is 2. The molecule has 3 aromatic rings. The summed E-state index contributed by atoms with van der Waals surface area (Å²) in [7, 11) is 2.10. The fraction of sp³-hybridized carbons (Fsp3) is 0.238. The van der Waals surface area contributed by atoms with Crippen molar-refractivity contribution in [3.05, 3.63) is 71.7 Å². The van der Waals surface area contributed by atoms with E-state index in [2.05, 4.69) is 80.0 Å². The number of aromatic nitrogens is 2. The van der Waals surface area contributed by atoms with Gasteiger partial charge in [0.1, 0.15) is 7.05 Å². The Labute approximate surface area is 147 Å². The van der Waals surface area contributed by atoms with Crippen LogP contribution in [0.15, 0.2) is 64.6 Å². The van der Waals surface area contributed by atoms with Crippen LogP contribution in [0.1, 0.15) is 30.7 Å². The number of benzene rings is 1. The predicted octanol–water partition coefficient (Wildman–Crippen LogP) is 4.67. The van der Waals surface area contributed by atoms with Crippen LogP contribution in [-0.4, -0.2) is 4.98 Å². The van der Waals surface area contributed by atoms with E-state index in [9.17, 15) is 0 Å². The SMILES string of the molecule is Cc1cc2c(cc1-c1cccc[n+]1C)C(C)(C)c1ncccc1S2. The standard InChI is InChI=1S/C21H21N2S/c1-14-12-19-16(13-15(14)17-8-5-6-11-23(17)4)21(2,3)20-18(24-19)9-7-10-22-20/h5-13H,1-4H3/q+1. The first-order valence-corrected chi connectivity index (χ1v) is 9.03. The summed E-state index contributed by atoms with van der Waals surface area (Å²) in [6, 6.07) is 15.3. The van der Waals surface area contributed by atoms with Gasteiger partial charge in [-0.25, -0.2) is 4.57 Å². The molecule has 0 N–H and O–H groups in total. The first kappa shape index (κ1) is 15.4. The van der Waals surface area contributed by atoms with Gasteiger partial charge in [0.15, 0.2) is 6.20 Å². The average molecular weight is 333 g/mol. The third-order valence-electron chi connectivity index (χ3n) is 4.91. The van der Waals surface area contributed by atoms with Gasteiger partial charge in [0.25, 0.3) is 0 Å². The van der Waals surface area contributed by atoms with Crippen LogP contribution in [0.25, 0.3) is 11.3 Å². The predicted molar refractivity (Wildman–Crippen MR) is 98.3 cm³/mol. The molecule has 1 aromatic carbocycles. The molecule has 0 spiro atoms. The minimum Gasteiger partial charge on any atom is -0.259 e. The molecule has 0 radical (unpaired) electrons. The highest BCUT2D eigenvalue weighted by Crippen LogP contribution is 2.49. The zero-order chi connectivity index (χ0) is 16.9. The normalized spacial score (nSPS) is 14.8. The van der Waals surface area contributed by atoms with Gasteiger partial charge in [-0.2, -0.15) is 0 Å². The van der Waals surface area contributed by atoms with Crippen molar-refractivity contribution in [1.82, 2.24) is 4.98 Å². The van der Waals surface area contributed by atoms with Crippen LogP contribution in [0.4, 0.5) is 0 Å². The van der Waals surface area contributed by atoms with Gasteiger partial charge >= 0.3 is 0 Å². The van der Waals surface area contributed by atoms with Gasteiger partial charge in [-0.05, 0) is 48.4 Å². The summed E-state index contributed by atoms with van der Waals surface area (Å²) in [4.78, 5) is 7.31. The summed E-state index contributed by atoms with van der Waals surface area (Å²) >= 11 is 1.84. The first-order chi connectivity index (χ1) is 11.5. The molecule has 3 heterocycles. The molecule has 0 amide bonds. The van der Waals surface area contributed by atoms with E-state index in [1.165, 1.54) is 37.9 Å². The van der Waals surface area contributed by atoms with E-state index >= 15 is 0 Å². The van der Waals surface area contributed by atoms with Crippen LogP contribution < -0.4 is 4.57 Å². The third-order valence-corrected chi connectivity index (χ3v) is 6.02. The fourth-order valence-electron chi connectivity index (χ4n) is 3.52. The Hall–Kier alpha value is -2.13. The molecule has 1 aliphatic heterocycles. The molecular weight excluding hydrogens is 312 g/mol. The quantitative estimate of drug-likeness (QED) is 0.602. The number of hydrogen-bond donors (Lipinski definition) is 0. The van der Waals surface area contributed by atoms with Gasteiger partial charge in [-0.15, -0.1) is 0 Å². The van der Waals surface area contributed by atoms with E-state index in [0.29, 0.717) is 0 Å². The van der Waals surface area contributed by atoms with Crippen molar-refractivity contribution in [2.75, 3.05) is 0 Å². The van der Waals surface area contributed by atoms with Gasteiger partial charge in [0.05, 0.1) is 5.69 Å². The molecule has 1 aliphatic rings. The maximum absolute atomic E-state index is 4.69. The second-order valence-corrected chi connectivity index (χ2v) is 8.02. The van der Waals surface area contributed by atoms with E-state index < -0.39 is 0 Å². The fourth-order valence-corrected chi connectivity index (χ4v) is 4.97. The zero-order valence-electron chi connectivity index (χ0n) is 14.5. The van der Waals surface area contributed by atoms with E-state index in [1.807, 2.05) is 24.0 Å². The number of nitrogens with zero attached hydrogens (tertiary/aromatic N) is 2. The Morgan fingerprint density at radius 2 is 1.88 bits per heavy atom. The summed E-state index contributed by atoms with van der Waals surface area (Å²) in [6.45, 7) is 6.76. The van der Waals surface area contributed by atoms with E-state index in [0.717, 1.165) is 0 Å². The van der Waals surface area contributed by atoms with Crippen molar-refractivity contribution in [1.29, 1.82) is 0 Å². The average Bonchev–Trinajstić information content (AvgIpc) is 2.55. The summed E-state index contributed by atoms with van der Waals surface area (Å²) in [5.74, 6) is 0. The van der Waals surface area contributed by atoms with Crippen molar-refractivity contribution < 1.29 is 4.57 Å². The molecule has 120 valence electrons. The lowest BCUT2D eigenvalue weighted by atomic mass is 9.79. The van der Waals surface area contributed by atoms with Crippen molar-refractivity contribution in [3.8, 4) is 11.3 Å². The number of pyridine rings is 2. The minimum atomic E-state index is -0.0903. The summed E-state index contributed by atoms with van der Waals surface area (Å²) in [6.07, 6.45) is 4.00. The molecule has 0 aliphatic carbocycles. The van der Waals surface area contributed by atoms with E-state index in [4.69, 9.17) is 0 Å². The second kappa shape index (κ2) is 5.45. The molecule has 0 fully saturated rings. The zero-order valence-corrected chi connectivity index (χ0v) is 15.3. The minimum absolute atomic E-state index is 0.0903. The van der Waals surface area contributed by atoms with Crippen molar-refractivity contribution in [2.45, 2.75) is 36.0 Å². The summed E-state index contributed by atoms with van der Waals surface area (Å²) in [5, 5.41) is 0. The number of rotatable bonds is 1. The molecule has 2 nitrogen and oxygen atoms in total. The van der Waals surface area contributed by atoms with Gasteiger partial charge in [0.2, 0.25) is 5.69 Å². The van der Waals surface area contributed by atoms with Crippen molar-refractivity contribution >= 4 is 11.8 Å². The second-order valence-electron chi connectivity index (χ2n) is 6.94. The molecule has 0 saturated heterocycles. The van der Waals surface area contributed by atoms with Crippen molar-refractivity contribution in [3.63, 3.8) is 0 Å². The molecule has 0 bridgehead atoms. The molecule has 4 rings (SSSR count). The monoisotopic (exact) mass is 333 g/mol. The lowest BCUT2D eigenvalue weighted by Gasteiger charge is -2.33. The molecular formula is C21H21N2S+. The Morgan fingerprint density at radius 1 is 1.04 bits per heavy atom. The Morgan fingerprint density at radius 3 is 2.67 bits per heavy atom. The number of aryl methyl sites for hydroxylation is 2. The van der Waals surface area contributed by atoms with Crippen LogP contribution in [0.3, 0.4) is 0 Å². The summed E-state index contributed by atoms with van der Waals surface area (Å²) < 4.78 is 2.18. The van der Waals surface area contributed by atoms with Crippen molar-refractivity contribution in [2.24, 2.45) is 7.05 Å². The van der Waals surface area contributed by atoms with Gasteiger partial charge < -0.3 is 0 Å². The molecule has 0 unspecified atom stereocenters. The highest BCUT2D eigenvalue weighted by Gasteiger charge is 2.35. The maximum atomic E-state index is 4.69.